The fourth-order valence-electron chi connectivity index (χ4n) is 0.393. The number of carboxylic acid groups (broad SMARTS) is 2. The largest absolute Gasteiger partial charge is 0.481 e. The monoisotopic (exact) mass is 216 g/mol. The summed E-state index contributed by atoms with van der Waals surface area (Å²) in [6.45, 7) is 8.48. The van der Waals surface area contributed by atoms with Crippen LogP contribution in [-0.2, 0) is 9.59 Å². The van der Waals surface area contributed by atoms with Crippen LogP contribution in [0.15, 0.2) is 11.6 Å². The van der Waals surface area contributed by atoms with Crippen LogP contribution in [0.4, 0.5) is 0 Å². The summed E-state index contributed by atoms with van der Waals surface area (Å²) in [5.41, 5.74) is -0.160. The van der Waals surface area contributed by atoms with E-state index in [9.17, 15) is 9.59 Å². The lowest BCUT2D eigenvalue weighted by molar-refractivity contribution is -0.145. The molecule has 0 fully saturated rings. The molecule has 0 rings (SSSR count). The summed E-state index contributed by atoms with van der Waals surface area (Å²) in [6, 6.07) is 0. The van der Waals surface area contributed by atoms with Gasteiger partial charge < -0.3 is 10.2 Å². The summed E-state index contributed by atoms with van der Waals surface area (Å²) in [7, 11) is 0. The highest BCUT2D eigenvalue weighted by Crippen LogP contribution is 2.11. The van der Waals surface area contributed by atoms with Crippen LogP contribution in [0.1, 0.15) is 41.0 Å². The number of hydrogen-bond acceptors (Lipinski definition) is 2. The topological polar surface area (TPSA) is 74.6 Å². The third-order valence-corrected chi connectivity index (χ3v) is 1.49. The van der Waals surface area contributed by atoms with E-state index in [2.05, 4.69) is 0 Å². The van der Waals surface area contributed by atoms with E-state index in [1.165, 1.54) is 0 Å². The fraction of sp³-hybridized carbons (Fsp3) is 0.636. The van der Waals surface area contributed by atoms with Crippen molar-refractivity contribution in [3.8, 4) is 0 Å². The van der Waals surface area contributed by atoms with Crippen molar-refractivity contribution in [1.29, 1.82) is 0 Å². The van der Waals surface area contributed by atoms with Gasteiger partial charge in [-0.05, 0) is 34.1 Å². The Morgan fingerprint density at radius 3 is 1.60 bits per heavy atom. The van der Waals surface area contributed by atoms with Gasteiger partial charge in [0.15, 0.2) is 0 Å². The second kappa shape index (κ2) is 7.04. The van der Waals surface area contributed by atoms with E-state index in [1.54, 1.807) is 33.8 Å². The van der Waals surface area contributed by atoms with E-state index in [0.29, 0.717) is 5.57 Å². The van der Waals surface area contributed by atoms with Gasteiger partial charge in [0.2, 0.25) is 0 Å². The van der Waals surface area contributed by atoms with Gasteiger partial charge >= 0.3 is 11.9 Å². The maximum absolute atomic E-state index is 10.0. The minimum Gasteiger partial charge on any atom is -0.481 e. The zero-order valence-corrected chi connectivity index (χ0v) is 10.00. The molecule has 0 saturated carbocycles. The lowest BCUT2D eigenvalue weighted by Gasteiger charge is -2.08. The predicted molar refractivity (Wildman–Crippen MR) is 58.8 cm³/mol. The van der Waals surface area contributed by atoms with Crippen LogP contribution in [0.25, 0.3) is 0 Å². The minimum absolute atomic E-state index is 0.424. The summed E-state index contributed by atoms with van der Waals surface area (Å²) < 4.78 is 0. The van der Waals surface area contributed by atoms with Crippen LogP contribution in [0.2, 0.25) is 0 Å². The Morgan fingerprint density at radius 2 is 1.53 bits per heavy atom. The van der Waals surface area contributed by atoms with Gasteiger partial charge in [-0.1, -0.05) is 13.0 Å². The Kier molecular flexibility index (Phi) is 7.56. The summed E-state index contributed by atoms with van der Waals surface area (Å²) >= 11 is 0. The molecule has 4 nitrogen and oxygen atoms in total. The molecule has 4 heteroatoms. The van der Waals surface area contributed by atoms with E-state index >= 15 is 0 Å². The molecular weight excluding hydrogens is 196 g/mol. The molecule has 0 unspecified atom stereocenters. The maximum atomic E-state index is 10.0. The van der Waals surface area contributed by atoms with Gasteiger partial charge in [-0.3, -0.25) is 4.79 Å². The molecule has 0 aromatic rings. The first-order valence-electron chi connectivity index (χ1n) is 4.76. The minimum atomic E-state index is -0.827. The molecule has 0 aliphatic heterocycles. The van der Waals surface area contributed by atoms with Crippen molar-refractivity contribution >= 4 is 11.9 Å². The number of hydrogen-bond donors (Lipinski definition) is 2. The van der Waals surface area contributed by atoms with Crippen molar-refractivity contribution in [1.82, 2.24) is 0 Å². The van der Waals surface area contributed by atoms with E-state index in [-0.39, 0.29) is 0 Å². The average Bonchev–Trinajstić information content (AvgIpc) is 2.03. The van der Waals surface area contributed by atoms with Crippen molar-refractivity contribution in [3.05, 3.63) is 11.6 Å². The van der Waals surface area contributed by atoms with Crippen molar-refractivity contribution < 1.29 is 19.8 Å². The Labute approximate surface area is 90.6 Å². The van der Waals surface area contributed by atoms with Crippen LogP contribution in [0.5, 0.6) is 0 Å². The maximum Gasteiger partial charge on any atom is 0.330 e. The van der Waals surface area contributed by atoms with E-state index in [0.717, 1.165) is 6.42 Å². The molecule has 0 heterocycles. The zero-order valence-electron chi connectivity index (χ0n) is 10.00. The van der Waals surface area contributed by atoms with Crippen molar-refractivity contribution in [2.24, 2.45) is 5.41 Å². The number of carboxylic acids is 2. The molecule has 15 heavy (non-hydrogen) atoms. The second-order valence-corrected chi connectivity index (χ2v) is 4.16. The third kappa shape index (κ3) is 10.6. The van der Waals surface area contributed by atoms with Gasteiger partial charge in [0, 0.05) is 5.57 Å². The molecule has 0 radical (unpaired) electrons. The van der Waals surface area contributed by atoms with Gasteiger partial charge in [0.1, 0.15) is 0 Å². The van der Waals surface area contributed by atoms with E-state index < -0.39 is 17.4 Å². The quantitative estimate of drug-likeness (QED) is 0.695. The van der Waals surface area contributed by atoms with Crippen LogP contribution >= 0.6 is 0 Å². The molecule has 0 spiro atoms. The molecule has 0 aromatic carbocycles. The zero-order chi connectivity index (χ0) is 12.6. The first kappa shape index (κ1) is 16.1. The molecule has 0 bridgehead atoms. The van der Waals surface area contributed by atoms with Gasteiger partial charge in [0.25, 0.3) is 0 Å². The molecule has 0 atom stereocenters. The van der Waals surface area contributed by atoms with Gasteiger partial charge in [-0.15, -0.1) is 0 Å². The Bertz CT molecular complexity index is 246. The number of allylic oxidation sites excluding steroid dienone is 1. The summed E-state index contributed by atoms with van der Waals surface area (Å²) in [4.78, 5) is 20.0. The van der Waals surface area contributed by atoms with Crippen LogP contribution in [-0.4, -0.2) is 22.2 Å². The average molecular weight is 216 g/mol. The van der Waals surface area contributed by atoms with E-state index in [1.807, 2.05) is 6.92 Å². The SMILES string of the molecule is CC(C)(C)C(=O)O.CCC=C(C)C(=O)O. The van der Waals surface area contributed by atoms with Gasteiger partial charge in [0.05, 0.1) is 5.41 Å². The molecular formula is C11H20O4. The van der Waals surface area contributed by atoms with Crippen LogP contribution < -0.4 is 0 Å². The fourth-order valence-corrected chi connectivity index (χ4v) is 0.393. The highest BCUT2D eigenvalue weighted by atomic mass is 16.4. The molecule has 0 aliphatic rings. The van der Waals surface area contributed by atoms with Crippen molar-refractivity contribution in [3.63, 3.8) is 0 Å². The third-order valence-electron chi connectivity index (χ3n) is 1.49. The molecule has 0 saturated heterocycles. The number of aliphatic carboxylic acids is 2. The number of rotatable bonds is 2. The van der Waals surface area contributed by atoms with Crippen LogP contribution in [0, 0.1) is 5.41 Å². The molecule has 88 valence electrons. The Hall–Kier alpha value is -1.32. The highest BCUT2D eigenvalue weighted by Gasteiger charge is 2.18. The normalized spacial score (nSPS) is 11.4. The molecule has 0 aromatic heterocycles. The standard InChI is InChI=1S/C6H10O2.C5H10O2/c1-3-4-5(2)6(7)8;1-5(2,3)4(6)7/h4H,3H2,1-2H3,(H,7,8);1-3H3,(H,6,7). The first-order valence-corrected chi connectivity index (χ1v) is 4.76. The van der Waals surface area contributed by atoms with Crippen molar-refractivity contribution in [2.45, 2.75) is 41.0 Å². The van der Waals surface area contributed by atoms with Gasteiger partial charge in [-0.25, -0.2) is 4.79 Å². The summed E-state index contributed by atoms with van der Waals surface area (Å²) in [5, 5.41) is 16.5. The lowest BCUT2D eigenvalue weighted by Crippen LogP contribution is -2.18. The second-order valence-electron chi connectivity index (χ2n) is 4.16. The van der Waals surface area contributed by atoms with Crippen molar-refractivity contribution in [2.75, 3.05) is 0 Å². The Morgan fingerprint density at radius 1 is 1.20 bits per heavy atom. The van der Waals surface area contributed by atoms with Crippen LogP contribution in [0.3, 0.4) is 0 Å². The predicted octanol–water partition coefficient (Wildman–Crippen LogP) is 2.54. The lowest BCUT2D eigenvalue weighted by atomic mass is 9.98. The molecule has 0 aliphatic carbocycles. The van der Waals surface area contributed by atoms with E-state index in [4.69, 9.17) is 10.2 Å². The summed E-state index contributed by atoms with van der Waals surface area (Å²) in [6.07, 6.45) is 2.47. The first-order chi connectivity index (χ1) is 6.62. The summed E-state index contributed by atoms with van der Waals surface area (Å²) in [5.74, 6) is -1.58. The highest BCUT2D eigenvalue weighted by molar-refractivity contribution is 5.85. The van der Waals surface area contributed by atoms with Gasteiger partial charge in [-0.2, -0.15) is 0 Å². The Balaban J connectivity index is 0. The number of carbonyl (C=O) groups is 2. The molecule has 2 N–H and O–H groups in total. The molecule has 0 amide bonds. The smallest absolute Gasteiger partial charge is 0.330 e.